The largest absolute Gasteiger partial charge is 0.490 e. The lowest BCUT2D eigenvalue weighted by molar-refractivity contribution is 0.0921. The molecule has 0 aromatic heterocycles. The van der Waals surface area contributed by atoms with Crippen LogP contribution in [0.1, 0.15) is 37.8 Å². The first-order valence-electron chi connectivity index (χ1n) is 7.57. The van der Waals surface area contributed by atoms with Gasteiger partial charge in [0.1, 0.15) is 0 Å². The van der Waals surface area contributed by atoms with Crippen LogP contribution in [0.5, 0.6) is 5.75 Å². The van der Waals surface area contributed by atoms with Gasteiger partial charge in [-0.3, -0.25) is 0 Å². The number of nitrogens with two attached hydrogens (primary N) is 1. The van der Waals surface area contributed by atoms with E-state index in [9.17, 15) is 4.39 Å². The van der Waals surface area contributed by atoms with E-state index in [-0.39, 0.29) is 17.8 Å². The molecule has 3 atom stereocenters. The maximum Gasteiger partial charge on any atom is 0.165 e. The van der Waals surface area contributed by atoms with Crippen molar-refractivity contribution in [1.82, 2.24) is 4.90 Å². The molecule has 3 unspecified atom stereocenters. The molecular weight excluding hydrogens is 255 g/mol. The number of hydrogen-bond donors (Lipinski definition) is 1. The molecule has 0 bridgehead atoms. The van der Waals surface area contributed by atoms with Gasteiger partial charge in [-0.2, -0.15) is 0 Å². The summed E-state index contributed by atoms with van der Waals surface area (Å²) in [6.07, 6.45) is 3.84. The smallest absolute Gasteiger partial charge is 0.165 e. The van der Waals surface area contributed by atoms with E-state index >= 15 is 0 Å². The van der Waals surface area contributed by atoms with Crippen molar-refractivity contribution in [3.8, 4) is 5.75 Å². The molecule has 1 aromatic carbocycles. The number of piperidine rings is 1. The number of fused-ring (bicyclic) bond motifs is 1. The Morgan fingerprint density at radius 3 is 3.05 bits per heavy atom. The third-order valence-electron chi connectivity index (χ3n) is 4.72. The van der Waals surface area contributed by atoms with Crippen LogP contribution in [-0.4, -0.2) is 30.6 Å². The van der Waals surface area contributed by atoms with Gasteiger partial charge in [0, 0.05) is 30.1 Å². The molecule has 0 amide bonds. The number of benzene rings is 1. The van der Waals surface area contributed by atoms with Crippen LogP contribution < -0.4 is 10.5 Å². The molecular formula is C16H23FN2O. The van der Waals surface area contributed by atoms with Gasteiger partial charge in [0.05, 0.1) is 6.61 Å². The Kier molecular flexibility index (Phi) is 3.94. The molecule has 0 radical (unpaired) electrons. The lowest BCUT2D eigenvalue weighted by Gasteiger charge is -2.39. The van der Waals surface area contributed by atoms with Gasteiger partial charge in [0.2, 0.25) is 0 Å². The second kappa shape index (κ2) is 5.70. The zero-order valence-corrected chi connectivity index (χ0v) is 12.0. The van der Waals surface area contributed by atoms with Crippen molar-refractivity contribution in [3.63, 3.8) is 0 Å². The van der Waals surface area contributed by atoms with Crippen LogP contribution >= 0.6 is 0 Å². The van der Waals surface area contributed by atoms with Crippen molar-refractivity contribution >= 4 is 0 Å². The minimum Gasteiger partial charge on any atom is -0.490 e. The number of para-hydroxylation sites is 1. The Hall–Kier alpha value is -1.13. The van der Waals surface area contributed by atoms with Crippen LogP contribution in [0.3, 0.4) is 0 Å². The number of halogens is 1. The number of likely N-dealkylation sites (tertiary alicyclic amines) is 1. The normalized spacial score (nSPS) is 30.6. The molecule has 1 fully saturated rings. The molecule has 0 saturated carbocycles. The number of nitrogens with zero attached hydrogens (tertiary/aromatic N) is 1. The highest BCUT2D eigenvalue weighted by Gasteiger charge is 2.32. The van der Waals surface area contributed by atoms with Gasteiger partial charge >= 0.3 is 0 Å². The molecule has 3 rings (SSSR count). The Morgan fingerprint density at radius 2 is 2.25 bits per heavy atom. The minimum atomic E-state index is -0.303. The fourth-order valence-corrected chi connectivity index (χ4v) is 3.38. The highest BCUT2D eigenvalue weighted by atomic mass is 19.1. The molecule has 2 aliphatic rings. The van der Waals surface area contributed by atoms with E-state index in [1.807, 2.05) is 6.07 Å². The quantitative estimate of drug-likeness (QED) is 0.904. The molecule has 3 nitrogen and oxygen atoms in total. The van der Waals surface area contributed by atoms with Crippen LogP contribution in [-0.2, 0) is 0 Å². The van der Waals surface area contributed by atoms with Gasteiger partial charge in [-0.25, -0.2) is 4.39 Å². The zero-order valence-electron chi connectivity index (χ0n) is 12.0. The molecule has 2 aliphatic heterocycles. The van der Waals surface area contributed by atoms with Gasteiger partial charge in [-0.05, 0) is 32.4 Å². The summed E-state index contributed by atoms with van der Waals surface area (Å²) < 4.78 is 19.3. The Morgan fingerprint density at radius 1 is 1.40 bits per heavy atom. The zero-order chi connectivity index (χ0) is 14.1. The highest BCUT2D eigenvalue weighted by molar-refractivity contribution is 5.39. The SMILES string of the molecule is CC1CCCCN1CC1COc2c(F)cccc2C1N. The van der Waals surface area contributed by atoms with Crippen molar-refractivity contribution in [2.45, 2.75) is 38.3 Å². The fraction of sp³-hybridized carbons (Fsp3) is 0.625. The second-order valence-electron chi connectivity index (χ2n) is 6.09. The summed E-state index contributed by atoms with van der Waals surface area (Å²) in [5.41, 5.74) is 7.16. The summed E-state index contributed by atoms with van der Waals surface area (Å²) >= 11 is 0. The van der Waals surface area contributed by atoms with Crippen molar-refractivity contribution in [2.75, 3.05) is 19.7 Å². The molecule has 2 heterocycles. The first kappa shape index (κ1) is 13.8. The van der Waals surface area contributed by atoms with Crippen LogP contribution in [0, 0.1) is 11.7 Å². The number of rotatable bonds is 2. The van der Waals surface area contributed by atoms with E-state index in [1.54, 1.807) is 6.07 Å². The molecule has 110 valence electrons. The summed E-state index contributed by atoms with van der Waals surface area (Å²) in [5.74, 6) is 0.288. The van der Waals surface area contributed by atoms with E-state index in [0.29, 0.717) is 18.4 Å². The minimum absolute atomic E-state index is 0.136. The van der Waals surface area contributed by atoms with Crippen LogP contribution in [0.4, 0.5) is 4.39 Å². The van der Waals surface area contributed by atoms with E-state index in [4.69, 9.17) is 10.5 Å². The van der Waals surface area contributed by atoms with Gasteiger partial charge in [0.15, 0.2) is 11.6 Å². The lowest BCUT2D eigenvalue weighted by atomic mass is 9.89. The fourth-order valence-electron chi connectivity index (χ4n) is 3.38. The monoisotopic (exact) mass is 278 g/mol. The molecule has 4 heteroatoms. The summed E-state index contributed by atoms with van der Waals surface area (Å²) in [4.78, 5) is 2.50. The Labute approximate surface area is 119 Å². The predicted octanol–water partition coefficient (Wildman–Crippen LogP) is 2.71. The molecule has 2 N–H and O–H groups in total. The van der Waals surface area contributed by atoms with Gasteiger partial charge in [0.25, 0.3) is 0 Å². The van der Waals surface area contributed by atoms with E-state index < -0.39 is 0 Å². The van der Waals surface area contributed by atoms with E-state index in [1.165, 1.54) is 25.3 Å². The average Bonchev–Trinajstić information content (AvgIpc) is 2.45. The lowest BCUT2D eigenvalue weighted by Crippen LogP contribution is -2.45. The number of hydrogen-bond acceptors (Lipinski definition) is 3. The van der Waals surface area contributed by atoms with Crippen LogP contribution in [0.15, 0.2) is 18.2 Å². The van der Waals surface area contributed by atoms with Gasteiger partial charge in [-0.15, -0.1) is 0 Å². The summed E-state index contributed by atoms with van der Waals surface area (Å²) in [5, 5.41) is 0. The maximum absolute atomic E-state index is 13.7. The molecule has 0 aliphatic carbocycles. The van der Waals surface area contributed by atoms with E-state index in [2.05, 4.69) is 11.8 Å². The van der Waals surface area contributed by atoms with Crippen molar-refractivity contribution in [2.24, 2.45) is 11.7 Å². The number of ether oxygens (including phenoxy) is 1. The maximum atomic E-state index is 13.7. The Bertz CT molecular complexity index is 480. The summed E-state index contributed by atoms with van der Waals surface area (Å²) in [7, 11) is 0. The van der Waals surface area contributed by atoms with Crippen molar-refractivity contribution in [1.29, 1.82) is 0 Å². The third-order valence-corrected chi connectivity index (χ3v) is 4.72. The first-order valence-corrected chi connectivity index (χ1v) is 7.57. The molecule has 0 spiro atoms. The van der Waals surface area contributed by atoms with Crippen molar-refractivity contribution in [3.05, 3.63) is 29.6 Å². The van der Waals surface area contributed by atoms with Gasteiger partial charge in [-0.1, -0.05) is 18.6 Å². The first-order chi connectivity index (χ1) is 9.66. The van der Waals surface area contributed by atoms with Gasteiger partial charge < -0.3 is 15.4 Å². The van der Waals surface area contributed by atoms with Crippen LogP contribution in [0.2, 0.25) is 0 Å². The van der Waals surface area contributed by atoms with Crippen LogP contribution in [0.25, 0.3) is 0 Å². The topological polar surface area (TPSA) is 38.5 Å². The molecule has 20 heavy (non-hydrogen) atoms. The molecule has 1 aromatic rings. The molecule has 1 saturated heterocycles. The summed E-state index contributed by atoms with van der Waals surface area (Å²) in [6.45, 7) is 4.87. The Balaban J connectivity index is 1.73. The highest BCUT2D eigenvalue weighted by Crippen LogP contribution is 2.36. The predicted molar refractivity (Wildman–Crippen MR) is 77.2 cm³/mol. The second-order valence-corrected chi connectivity index (χ2v) is 6.09. The van der Waals surface area contributed by atoms with E-state index in [0.717, 1.165) is 18.7 Å². The average molecular weight is 278 g/mol. The third kappa shape index (κ3) is 2.54. The standard InChI is InChI=1S/C16H23FN2O/c1-11-5-2-3-8-19(11)9-12-10-20-16-13(15(12)18)6-4-7-14(16)17/h4,6-7,11-12,15H,2-3,5,8-10,18H2,1H3. The summed E-state index contributed by atoms with van der Waals surface area (Å²) in [6, 6.07) is 5.50. The van der Waals surface area contributed by atoms with Crippen molar-refractivity contribution < 1.29 is 9.13 Å².